The maximum Gasteiger partial charge on any atom is 0.216 e. The molecule has 0 atom stereocenters. The lowest BCUT2D eigenvalue weighted by Crippen LogP contribution is -2.41. The first-order chi connectivity index (χ1) is 8.20. The topological polar surface area (TPSA) is 65.5 Å². The molecule has 3 N–H and O–H groups in total. The van der Waals surface area contributed by atoms with Gasteiger partial charge < -0.3 is 16.0 Å². The van der Waals surface area contributed by atoms with Gasteiger partial charge in [-0.2, -0.15) is 0 Å². The van der Waals surface area contributed by atoms with E-state index >= 15 is 0 Å². The molecule has 0 fully saturated rings. The SMILES string of the molecule is CCCCCN=C(NCC)NCCNC(C)=O. The monoisotopic (exact) mass is 242 g/mol. The molecule has 0 aromatic rings. The molecule has 0 aromatic heterocycles. The molecule has 0 bridgehead atoms. The Kier molecular flexibility index (Phi) is 10.4. The number of nitrogens with zero attached hydrogens (tertiary/aromatic N) is 1. The molecule has 0 aromatic carbocycles. The second-order valence-electron chi connectivity index (χ2n) is 3.88. The number of hydrogen-bond donors (Lipinski definition) is 3. The molecular weight excluding hydrogens is 216 g/mol. The van der Waals surface area contributed by atoms with Crippen molar-refractivity contribution in [3.05, 3.63) is 0 Å². The molecule has 0 saturated carbocycles. The van der Waals surface area contributed by atoms with Gasteiger partial charge in [0.1, 0.15) is 0 Å². The van der Waals surface area contributed by atoms with Crippen molar-refractivity contribution in [2.24, 2.45) is 4.99 Å². The van der Waals surface area contributed by atoms with Crippen LogP contribution in [0.25, 0.3) is 0 Å². The molecule has 0 rings (SSSR count). The van der Waals surface area contributed by atoms with Crippen molar-refractivity contribution in [3.8, 4) is 0 Å². The number of guanidine groups is 1. The number of aliphatic imine (C=N–C) groups is 1. The molecule has 5 nitrogen and oxygen atoms in total. The molecular formula is C12H26N4O. The third kappa shape index (κ3) is 11.0. The summed E-state index contributed by atoms with van der Waals surface area (Å²) in [6, 6.07) is 0. The van der Waals surface area contributed by atoms with Gasteiger partial charge in [0, 0.05) is 33.1 Å². The predicted octanol–water partition coefficient (Wildman–Crippen LogP) is 0.868. The van der Waals surface area contributed by atoms with Crippen LogP contribution in [-0.4, -0.2) is 38.0 Å². The van der Waals surface area contributed by atoms with Crippen molar-refractivity contribution < 1.29 is 4.79 Å². The van der Waals surface area contributed by atoms with Crippen LogP contribution in [0.3, 0.4) is 0 Å². The fourth-order valence-electron chi connectivity index (χ4n) is 1.31. The van der Waals surface area contributed by atoms with Crippen LogP contribution in [0.5, 0.6) is 0 Å². The van der Waals surface area contributed by atoms with Crippen molar-refractivity contribution in [1.82, 2.24) is 16.0 Å². The number of rotatable bonds is 8. The van der Waals surface area contributed by atoms with E-state index in [-0.39, 0.29) is 5.91 Å². The van der Waals surface area contributed by atoms with Gasteiger partial charge in [-0.3, -0.25) is 9.79 Å². The van der Waals surface area contributed by atoms with E-state index in [9.17, 15) is 4.79 Å². The van der Waals surface area contributed by atoms with Crippen molar-refractivity contribution in [1.29, 1.82) is 0 Å². The summed E-state index contributed by atoms with van der Waals surface area (Å²) in [6.45, 7) is 8.75. The smallest absolute Gasteiger partial charge is 0.216 e. The largest absolute Gasteiger partial charge is 0.357 e. The van der Waals surface area contributed by atoms with Gasteiger partial charge in [-0.1, -0.05) is 19.8 Å². The van der Waals surface area contributed by atoms with E-state index in [1.54, 1.807) is 0 Å². The average molecular weight is 242 g/mol. The maximum atomic E-state index is 10.7. The Bertz CT molecular complexity index is 229. The molecule has 0 radical (unpaired) electrons. The predicted molar refractivity (Wildman–Crippen MR) is 72.2 cm³/mol. The highest BCUT2D eigenvalue weighted by molar-refractivity contribution is 5.79. The molecule has 0 aliphatic rings. The zero-order valence-electron chi connectivity index (χ0n) is 11.3. The molecule has 0 heterocycles. The van der Waals surface area contributed by atoms with Crippen molar-refractivity contribution in [2.75, 3.05) is 26.2 Å². The summed E-state index contributed by atoms with van der Waals surface area (Å²) in [5.41, 5.74) is 0. The van der Waals surface area contributed by atoms with Crippen molar-refractivity contribution in [2.45, 2.75) is 40.0 Å². The average Bonchev–Trinajstić information content (AvgIpc) is 2.29. The quantitative estimate of drug-likeness (QED) is 0.336. The summed E-state index contributed by atoms with van der Waals surface area (Å²) in [6.07, 6.45) is 3.55. The lowest BCUT2D eigenvalue weighted by molar-refractivity contribution is -0.118. The first-order valence-electron chi connectivity index (χ1n) is 6.47. The van der Waals surface area contributed by atoms with Crippen molar-refractivity contribution >= 4 is 11.9 Å². The maximum absolute atomic E-state index is 10.7. The standard InChI is InChI=1S/C12H26N4O/c1-4-6-7-8-15-12(13-5-2)16-10-9-14-11(3)17/h4-10H2,1-3H3,(H,14,17)(H2,13,15,16). The Hall–Kier alpha value is -1.26. The van der Waals surface area contributed by atoms with Gasteiger partial charge in [0.25, 0.3) is 0 Å². The summed E-state index contributed by atoms with van der Waals surface area (Å²) in [7, 11) is 0. The van der Waals surface area contributed by atoms with E-state index < -0.39 is 0 Å². The fourth-order valence-corrected chi connectivity index (χ4v) is 1.31. The van der Waals surface area contributed by atoms with E-state index in [1.165, 1.54) is 19.8 Å². The number of unbranched alkanes of at least 4 members (excludes halogenated alkanes) is 2. The Morgan fingerprint density at radius 3 is 2.35 bits per heavy atom. The van der Waals surface area contributed by atoms with E-state index in [1.807, 2.05) is 6.92 Å². The van der Waals surface area contributed by atoms with Gasteiger partial charge in [-0.15, -0.1) is 0 Å². The lowest BCUT2D eigenvalue weighted by Gasteiger charge is -2.11. The number of hydrogen-bond acceptors (Lipinski definition) is 2. The minimum absolute atomic E-state index is 0.00307. The second kappa shape index (κ2) is 11.2. The molecule has 17 heavy (non-hydrogen) atoms. The molecule has 5 heteroatoms. The van der Waals surface area contributed by atoms with Crippen LogP contribution in [0.2, 0.25) is 0 Å². The second-order valence-corrected chi connectivity index (χ2v) is 3.88. The first-order valence-corrected chi connectivity index (χ1v) is 6.47. The lowest BCUT2D eigenvalue weighted by atomic mass is 10.2. The van der Waals surface area contributed by atoms with Gasteiger partial charge in [0.15, 0.2) is 5.96 Å². The Labute approximate surface area is 104 Å². The van der Waals surface area contributed by atoms with Crippen LogP contribution in [0.1, 0.15) is 40.0 Å². The Balaban J connectivity index is 3.76. The van der Waals surface area contributed by atoms with Crippen LogP contribution < -0.4 is 16.0 Å². The molecule has 0 unspecified atom stereocenters. The van der Waals surface area contributed by atoms with Crippen LogP contribution in [0.15, 0.2) is 4.99 Å². The molecule has 0 aliphatic carbocycles. The summed E-state index contributed by atoms with van der Waals surface area (Å²) in [4.78, 5) is 15.1. The normalized spacial score (nSPS) is 11.1. The number of carbonyl (C=O) groups is 1. The zero-order valence-corrected chi connectivity index (χ0v) is 11.3. The van der Waals surface area contributed by atoms with Crippen LogP contribution in [0, 0.1) is 0 Å². The molecule has 0 aliphatic heterocycles. The third-order valence-electron chi connectivity index (χ3n) is 2.17. The summed E-state index contributed by atoms with van der Waals surface area (Å²) in [5, 5.41) is 9.09. The van der Waals surface area contributed by atoms with E-state index in [0.29, 0.717) is 13.1 Å². The molecule has 0 saturated heterocycles. The molecule has 0 spiro atoms. The molecule has 1 amide bonds. The van der Waals surface area contributed by atoms with Gasteiger partial charge >= 0.3 is 0 Å². The highest BCUT2D eigenvalue weighted by Crippen LogP contribution is 1.93. The van der Waals surface area contributed by atoms with E-state index in [0.717, 1.165) is 25.5 Å². The number of nitrogens with one attached hydrogen (secondary N) is 3. The van der Waals surface area contributed by atoms with Crippen LogP contribution >= 0.6 is 0 Å². The number of carbonyl (C=O) groups excluding carboxylic acids is 1. The Morgan fingerprint density at radius 2 is 1.76 bits per heavy atom. The van der Waals surface area contributed by atoms with Gasteiger partial charge in [0.2, 0.25) is 5.91 Å². The first kappa shape index (κ1) is 15.7. The summed E-state index contributed by atoms with van der Waals surface area (Å²) in [5.74, 6) is 0.825. The third-order valence-corrected chi connectivity index (χ3v) is 2.17. The van der Waals surface area contributed by atoms with Crippen LogP contribution in [-0.2, 0) is 4.79 Å². The van der Waals surface area contributed by atoms with E-state index in [2.05, 4.69) is 27.9 Å². The van der Waals surface area contributed by atoms with Gasteiger partial charge in [-0.05, 0) is 13.3 Å². The minimum atomic E-state index is -0.00307. The van der Waals surface area contributed by atoms with Gasteiger partial charge in [-0.25, -0.2) is 0 Å². The van der Waals surface area contributed by atoms with Gasteiger partial charge in [0.05, 0.1) is 0 Å². The fraction of sp³-hybridized carbons (Fsp3) is 0.833. The minimum Gasteiger partial charge on any atom is -0.357 e. The number of amides is 1. The summed E-state index contributed by atoms with van der Waals surface area (Å²) >= 11 is 0. The highest BCUT2D eigenvalue weighted by Gasteiger charge is 1.96. The Morgan fingerprint density at radius 1 is 1.06 bits per heavy atom. The summed E-state index contributed by atoms with van der Waals surface area (Å²) < 4.78 is 0. The van der Waals surface area contributed by atoms with Crippen LogP contribution in [0.4, 0.5) is 0 Å². The van der Waals surface area contributed by atoms with E-state index in [4.69, 9.17) is 0 Å². The van der Waals surface area contributed by atoms with Crippen molar-refractivity contribution in [3.63, 3.8) is 0 Å². The zero-order chi connectivity index (χ0) is 12.9. The molecule has 100 valence electrons. The highest BCUT2D eigenvalue weighted by atomic mass is 16.1.